The lowest BCUT2D eigenvalue weighted by Crippen LogP contribution is -2.33. The number of ether oxygens (including phenoxy) is 4. The zero-order valence-electron chi connectivity index (χ0n) is 15.7. The van der Waals surface area contributed by atoms with Crippen LogP contribution < -0.4 is 24.3 Å². The van der Waals surface area contributed by atoms with Gasteiger partial charge in [0, 0.05) is 5.75 Å². The molecule has 0 aliphatic carbocycles. The molecule has 2 unspecified atom stereocenters. The highest BCUT2D eigenvalue weighted by Crippen LogP contribution is 2.37. The molecule has 0 amide bonds. The zero-order chi connectivity index (χ0) is 19.9. The molecule has 0 spiro atoms. The number of carboxylic acid groups (broad SMARTS) is 1. The van der Waals surface area contributed by atoms with Gasteiger partial charge < -0.3 is 24.1 Å². The van der Waals surface area contributed by atoms with Crippen molar-refractivity contribution in [1.82, 2.24) is 5.32 Å². The molecule has 2 aromatic rings. The normalized spacial score (nSPS) is 18.5. The molecule has 2 N–H and O–H groups in total. The van der Waals surface area contributed by atoms with Crippen LogP contribution in [0.4, 0.5) is 0 Å². The molecule has 1 fully saturated rings. The number of thioether (sulfide) groups is 1. The monoisotopic (exact) mass is 405 g/mol. The number of benzene rings is 2. The van der Waals surface area contributed by atoms with Gasteiger partial charge in [-0.2, -0.15) is 0 Å². The van der Waals surface area contributed by atoms with E-state index in [0.717, 1.165) is 17.1 Å². The van der Waals surface area contributed by atoms with Crippen LogP contribution >= 0.6 is 11.8 Å². The summed E-state index contributed by atoms with van der Waals surface area (Å²) in [5.41, 5.74) is 0.945. The molecule has 0 aromatic heterocycles. The lowest BCUT2D eigenvalue weighted by molar-refractivity contribution is -0.138. The van der Waals surface area contributed by atoms with Gasteiger partial charge in [-0.25, -0.2) is 0 Å². The second-order valence-electron chi connectivity index (χ2n) is 6.05. The van der Waals surface area contributed by atoms with E-state index >= 15 is 0 Å². The molecule has 2 aromatic carbocycles. The van der Waals surface area contributed by atoms with E-state index in [4.69, 9.17) is 24.1 Å². The minimum absolute atomic E-state index is 0.0927. The number of carbonyl (C=O) groups is 1. The SMILES string of the molecule is COc1ccc(OCCOc2cc(C3NC(C(=O)O)CS3)ccc2OC)cc1. The highest BCUT2D eigenvalue weighted by molar-refractivity contribution is 7.99. The number of aliphatic carboxylic acids is 1. The van der Waals surface area contributed by atoms with Crippen molar-refractivity contribution in [2.75, 3.05) is 33.2 Å². The van der Waals surface area contributed by atoms with E-state index in [2.05, 4.69) is 5.32 Å². The Morgan fingerprint density at radius 3 is 2.39 bits per heavy atom. The third-order valence-corrected chi connectivity index (χ3v) is 5.51. The summed E-state index contributed by atoms with van der Waals surface area (Å²) in [4.78, 5) is 11.1. The van der Waals surface area contributed by atoms with Crippen LogP contribution in [-0.2, 0) is 4.79 Å². The van der Waals surface area contributed by atoms with Crippen molar-refractivity contribution in [3.05, 3.63) is 48.0 Å². The Hall–Kier alpha value is -2.58. The first-order chi connectivity index (χ1) is 13.6. The average Bonchev–Trinajstić information content (AvgIpc) is 3.22. The third-order valence-electron chi connectivity index (χ3n) is 4.24. The summed E-state index contributed by atoms with van der Waals surface area (Å²) in [7, 11) is 3.20. The van der Waals surface area contributed by atoms with E-state index in [1.54, 1.807) is 26.0 Å². The topological polar surface area (TPSA) is 86.2 Å². The van der Waals surface area contributed by atoms with Gasteiger partial charge >= 0.3 is 5.97 Å². The molecule has 28 heavy (non-hydrogen) atoms. The summed E-state index contributed by atoms with van der Waals surface area (Å²) < 4.78 is 22.0. The van der Waals surface area contributed by atoms with Gasteiger partial charge in [-0.3, -0.25) is 10.1 Å². The molecular formula is C20H23NO6S. The molecule has 1 aliphatic rings. The summed E-state index contributed by atoms with van der Waals surface area (Å²) in [6, 6.07) is 12.4. The van der Waals surface area contributed by atoms with Gasteiger partial charge in [0.1, 0.15) is 30.8 Å². The molecule has 150 valence electrons. The van der Waals surface area contributed by atoms with Crippen LogP contribution in [-0.4, -0.2) is 50.3 Å². The highest BCUT2D eigenvalue weighted by Gasteiger charge is 2.30. The van der Waals surface area contributed by atoms with E-state index in [1.807, 2.05) is 42.5 Å². The zero-order valence-corrected chi connectivity index (χ0v) is 16.5. The largest absolute Gasteiger partial charge is 0.497 e. The fraction of sp³-hybridized carbons (Fsp3) is 0.350. The molecule has 1 saturated heterocycles. The van der Waals surface area contributed by atoms with Crippen LogP contribution in [0.3, 0.4) is 0 Å². The van der Waals surface area contributed by atoms with Gasteiger partial charge in [-0.1, -0.05) is 6.07 Å². The lowest BCUT2D eigenvalue weighted by atomic mass is 10.2. The highest BCUT2D eigenvalue weighted by atomic mass is 32.2. The van der Waals surface area contributed by atoms with E-state index in [1.165, 1.54) is 0 Å². The Balaban J connectivity index is 1.57. The molecule has 8 heteroatoms. The van der Waals surface area contributed by atoms with Crippen LogP contribution in [0, 0.1) is 0 Å². The summed E-state index contributed by atoms with van der Waals surface area (Å²) in [5.74, 6) is 2.41. The lowest BCUT2D eigenvalue weighted by Gasteiger charge is -2.16. The molecule has 0 radical (unpaired) electrons. The van der Waals surface area contributed by atoms with Crippen molar-refractivity contribution >= 4 is 17.7 Å². The predicted molar refractivity (Wildman–Crippen MR) is 107 cm³/mol. The molecule has 1 heterocycles. The minimum atomic E-state index is -0.837. The third kappa shape index (κ3) is 5.02. The van der Waals surface area contributed by atoms with Gasteiger partial charge in [-0.15, -0.1) is 11.8 Å². The Morgan fingerprint density at radius 1 is 1.04 bits per heavy atom. The minimum Gasteiger partial charge on any atom is -0.497 e. The summed E-state index contributed by atoms with van der Waals surface area (Å²) in [6.07, 6.45) is 0. The fourth-order valence-electron chi connectivity index (χ4n) is 2.76. The van der Waals surface area contributed by atoms with Gasteiger partial charge in [0.05, 0.1) is 19.6 Å². The van der Waals surface area contributed by atoms with Crippen molar-refractivity contribution in [1.29, 1.82) is 0 Å². The van der Waals surface area contributed by atoms with Gasteiger partial charge in [0.2, 0.25) is 0 Å². The van der Waals surface area contributed by atoms with Crippen LogP contribution in [0.1, 0.15) is 10.9 Å². The standard InChI is InChI=1S/C20H23NO6S/c1-24-14-4-6-15(7-5-14)26-9-10-27-18-11-13(3-8-17(18)25-2)19-21-16(12-28-19)20(22)23/h3-8,11,16,19,21H,9-10,12H2,1-2H3,(H,22,23). The quantitative estimate of drug-likeness (QED) is 0.616. The summed E-state index contributed by atoms with van der Waals surface area (Å²) in [6.45, 7) is 0.714. The maximum atomic E-state index is 11.1. The first-order valence-corrected chi connectivity index (χ1v) is 9.83. The number of carboxylic acids is 1. The smallest absolute Gasteiger partial charge is 0.321 e. The van der Waals surface area contributed by atoms with Gasteiger partial charge in [0.15, 0.2) is 11.5 Å². The van der Waals surface area contributed by atoms with E-state index in [-0.39, 0.29) is 5.37 Å². The maximum absolute atomic E-state index is 11.1. The number of hydrogen-bond donors (Lipinski definition) is 2. The predicted octanol–water partition coefficient (Wildman–Crippen LogP) is 2.95. The fourth-order valence-corrected chi connectivity index (χ4v) is 3.98. The first kappa shape index (κ1) is 20.2. The number of rotatable bonds is 9. The maximum Gasteiger partial charge on any atom is 0.321 e. The Kier molecular flexibility index (Phi) is 6.89. The Labute approximate surface area is 167 Å². The molecule has 1 aliphatic heterocycles. The Morgan fingerprint density at radius 2 is 1.75 bits per heavy atom. The van der Waals surface area contributed by atoms with Gasteiger partial charge in [-0.05, 0) is 42.0 Å². The second kappa shape index (κ2) is 9.57. The molecular weight excluding hydrogens is 382 g/mol. The van der Waals surface area contributed by atoms with Crippen LogP contribution in [0.15, 0.2) is 42.5 Å². The van der Waals surface area contributed by atoms with Crippen molar-refractivity contribution < 1.29 is 28.8 Å². The number of hydrogen-bond acceptors (Lipinski definition) is 7. The number of nitrogens with one attached hydrogen (secondary N) is 1. The molecule has 0 saturated carbocycles. The van der Waals surface area contributed by atoms with Crippen molar-refractivity contribution in [3.63, 3.8) is 0 Å². The van der Waals surface area contributed by atoms with E-state index < -0.39 is 12.0 Å². The molecule has 7 nitrogen and oxygen atoms in total. The summed E-state index contributed by atoms with van der Waals surface area (Å²) in [5, 5.41) is 12.1. The van der Waals surface area contributed by atoms with Crippen LogP contribution in [0.2, 0.25) is 0 Å². The van der Waals surface area contributed by atoms with Crippen molar-refractivity contribution in [2.45, 2.75) is 11.4 Å². The van der Waals surface area contributed by atoms with Crippen LogP contribution in [0.5, 0.6) is 23.0 Å². The molecule has 3 rings (SSSR count). The van der Waals surface area contributed by atoms with E-state index in [9.17, 15) is 4.79 Å². The van der Waals surface area contributed by atoms with Crippen molar-refractivity contribution in [2.24, 2.45) is 0 Å². The van der Waals surface area contributed by atoms with Crippen molar-refractivity contribution in [3.8, 4) is 23.0 Å². The van der Waals surface area contributed by atoms with E-state index in [0.29, 0.717) is 30.5 Å². The summed E-state index contributed by atoms with van der Waals surface area (Å²) >= 11 is 1.56. The second-order valence-corrected chi connectivity index (χ2v) is 7.19. The molecule has 2 atom stereocenters. The Bertz CT molecular complexity index is 798. The average molecular weight is 405 g/mol. The molecule has 0 bridgehead atoms. The first-order valence-electron chi connectivity index (χ1n) is 8.78. The number of methoxy groups -OCH3 is 2. The van der Waals surface area contributed by atoms with Gasteiger partial charge in [0.25, 0.3) is 0 Å². The van der Waals surface area contributed by atoms with Crippen LogP contribution in [0.25, 0.3) is 0 Å².